The number of phenols is 1. The highest BCUT2D eigenvalue weighted by Gasteiger charge is 2.12. The average molecular weight is 245 g/mol. The monoisotopic (exact) mass is 244 g/mol. The Bertz CT molecular complexity index is 336. The number of esters is 1. The van der Waals surface area contributed by atoms with Gasteiger partial charge in [0.2, 0.25) is 0 Å². The Balaban J connectivity index is 2.48. The molecule has 0 aliphatic carbocycles. The van der Waals surface area contributed by atoms with Crippen molar-refractivity contribution < 1.29 is 19.7 Å². The molecule has 1 atom stereocenters. The highest BCUT2D eigenvalue weighted by atomic mass is 35.5. The zero-order valence-electron chi connectivity index (χ0n) is 8.60. The fourth-order valence-corrected chi connectivity index (χ4v) is 1.33. The minimum Gasteiger partial charge on any atom is -0.508 e. The summed E-state index contributed by atoms with van der Waals surface area (Å²) in [5.41, 5.74) is -0.416. The van der Waals surface area contributed by atoms with Gasteiger partial charge in [0.05, 0.1) is 5.56 Å². The quantitative estimate of drug-likeness (QED) is 0.613. The summed E-state index contributed by atoms with van der Waals surface area (Å²) in [5, 5.41) is 17.6. The molecule has 1 unspecified atom stereocenters. The molecule has 0 bridgehead atoms. The fourth-order valence-electron chi connectivity index (χ4n) is 1.09. The van der Waals surface area contributed by atoms with Crippen LogP contribution in [0.4, 0.5) is 0 Å². The van der Waals surface area contributed by atoms with Crippen molar-refractivity contribution in [1.82, 2.24) is 0 Å². The number of halogens is 1. The van der Waals surface area contributed by atoms with Crippen LogP contribution in [0.15, 0.2) is 24.3 Å². The third-order valence-electron chi connectivity index (χ3n) is 1.93. The van der Waals surface area contributed by atoms with Crippen molar-refractivity contribution in [3.63, 3.8) is 0 Å². The number of aliphatic hydroxyl groups excluding tert-OH is 1. The van der Waals surface area contributed by atoms with Crippen LogP contribution in [0.5, 0.6) is 5.75 Å². The Morgan fingerprint density at radius 2 is 2.00 bits per heavy atom. The van der Waals surface area contributed by atoms with E-state index in [0.29, 0.717) is 18.4 Å². The van der Waals surface area contributed by atoms with Crippen molar-refractivity contribution in [1.29, 1.82) is 0 Å². The molecule has 0 aromatic heterocycles. The van der Waals surface area contributed by atoms with Gasteiger partial charge in [-0.3, -0.25) is 0 Å². The van der Waals surface area contributed by atoms with Crippen LogP contribution in [-0.4, -0.2) is 28.4 Å². The van der Waals surface area contributed by atoms with Gasteiger partial charge >= 0.3 is 5.97 Å². The topological polar surface area (TPSA) is 66.8 Å². The van der Waals surface area contributed by atoms with Crippen molar-refractivity contribution in [2.45, 2.75) is 18.4 Å². The summed E-state index contributed by atoms with van der Waals surface area (Å²) in [4.78, 5) is 11.5. The molecule has 4 nitrogen and oxygen atoms in total. The Hall–Kier alpha value is -1.26. The minimum absolute atomic E-state index is 0.0139. The van der Waals surface area contributed by atoms with Gasteiger partial charge in [-0.1, -0.05) is 11.6 Å². The van der Waals surface area contributed by atoms with Gasteiger partial charge in [-0.25, -0.2) is 4.79 Å². The van der Waals surface area contributed by atoms with E-state index in [1.54, 1.807) is 0 Å². The zero-order valence-corrected chi connectivity index (χ0v) is 9.35. The largest absolute Gasteiger partial charge is 0.508 e. The van der Waals surface area contributed by atoms with Crippen LogP contribution < -0.4 is 0 Å². The number of aromatic hydroxyl groups is 1. The Kier molecular flexibility index (Phi) is 5.08. The normalized spacial score (nSPS) is 12.1. The van der Waals surface area contributed by atoms with Gasteiger partial charge in [-0.15, -0.1) is 0 Å². The van der Waals surface area contributed by atoms with Crippen molar-refractivity contribution in [3.05, 3.63) is 29.8 Å². The molecular formula is C11H13ClO4. The number of aliphatic hydroxyl groups is 1. The first-order chi connectivity index (χ1) is 7.63. The summed E-state index contributed by atoms with van der Waals surface area (Å²) in [7, 11) is 0. The van der Waals surface area contributed by atoms with Crippen LogP contribution in [0.2, 0.25) is 0 Å². The third kappa shape index (κ3) is 4.08. The van der Waals surface area contributed by atoms with E-state index in [4.69, 9.17) is 26.6 Å². The van der Waals surface area contributed by atoms with E-state index in [9.17, 15) is 4.79 Å². The van der Waals surface area contributed by atoms with E-state index in [1.807, 2.05) is 0 Å². The van der Waals surface area contributed by atoms with Crippen LogP contribution in [0, 0.1) is 0 Å². The molecule has 5 heteroatoms. The summed E-state index contributed by atoms with van der Waals surface area (Å²) in [6.45, 7) is 0.0139. The average Bonchev–Trinajstić information content (AvgIpc) is 2.27. The van der Waals surface area contributed by atoms with Crippen LogP contribution >= 0.6 is 11.6 Å². The maximum atomic E-state index is 11.5. The molecule has 0 fully saturated rings. The van der Waals surface area contributed by atoms with E-state index in [-0.39, 0.29) is 12.4 Å². The van der Waals surface area contributed by atoms with Gasteiger partial charge in [0.25, 0.3) is 0 Å². The first-order valence-corrected chi connectivity index (χ1v) is 5.32. The summed E-state index contributed by atoms with van der Waals surface area (Å²) < 4.78 is 4.91. The number of ether oxygens (including phenoxy) is 1. The van der Waals surface area contributed by atoms with E-state index in [0.717, 1.165) is 0 Å². The number of carbonyl (C=O) groups excluding carboxylic acids is 1. The predicted octanol–water partition coefficient (Wildman–Crippen LogP) is 1.89. The molecule has 16 heavy (non-hydrogen) atoms. The van der Waals surface area contributed by atoms with Gasteiger partial charge in [0.1, 0.15) is 5.75 Å². The maximum absolute atomic E-state index is 11.5. The summed E-state index contributed by atoms with van der Waals surface area (Å²) >= 11 is 5.73. The minimum atomic E-state index is -0.742. The molecule has 1 rings (SSSR count). The summed E-state index contributed by atoms with van der Waals surface area (Å²) in [6, 6.07) is 5.70. The number of hydrogen-bond donors (Lipinski definition) is 2. The van der Waals surface area contributed by atoms with Gasteiger partial charge in [-0.2, -0.15) is 0 Å². The molecule has 88 valence electrons. The van der Waals surface area contributed by atoms with Crippen molar-refractivity contribution in [2.75, 3.05) is 6.61 Å². The third-order valence-corrected chi connectivity index (χ3v) is 2.23. The van der Waals surface area contributed by atoms with Gasteiger partial charge in [-0.05, 0) is 30.7 Å². The molecule has 0 aliphatic heterocycles. The van der Waals surface area contributed by atoms with E-state index < -0.39 is 11.5 Å². The Morgan fingerprint density at radius 1 is 1.38 bits per heavy atom. The maximum Gasteiger partial charge on any atom is 0.339 e. The number of alkyl halides is 1. The van der Waals surface area contributed by atoms with Crippen LogP contribution in [-0.2, 0) is 4.74 Å². The van der Waals surface area contributed by atoms with Crippen molar-refractivity contribution in [3.8, 4) is 5.75 Å². The van der Waals surface area contributed by atoms with Crippen LogP contribution in [0.25, 0.3) is 0 Å². The molecule has 2 N–H and O–H groups in total. The second-order valence-corrected chi connectivity index (χ2v) is 3.71. The highest BCUT2D eigenvalue weighted by molar-refractivity contribution is 6.20. The molecule has 0 saturated heterocycles. The lowest BCUT2D eigenvalue weighted by atomic mass is 10.2. The van der Waals surface area contributed by atoms with Crippen LogP contribution in [0.1, 0.15) is 23.2 Å². The molecule has 1 aromatic rings. The van der Waals surface area contributed by atoms with Gasteiger partial charge in [0, 0.05) is 13.0 Å². The van der Waals surface area contributed by atoms with E-state index in [2.05, 4.69) is 0 Å². The predicted molar refractivity (Wildman–Crippen MR) is 59.5 cm³/mol. The first kappa shape index (κ1) is 12.8. The van der Waals surface area contributed by atoms with Crippen LogP contribution in [0.3, 0.4) is 0 Å². The lowest BCUT2D eigenvalue weighted by molar-refractivity contribution is 0.0426. The number of benzene rings is 1. The van der Waals surface area contributed by atoms with Gasteiger partial charge < -0.3 is 14.9 Å². The zero-order chi connectivity index (χ0) is 12.0. The lowest BCUT2D eigenvalue weighted by Crippen LogP contribution is -2.13. The Labute approximate surface area is 98.4 Å². The standard InChI is InChI=1S/C11H13ClO4/c12-10(2-1-7-13)16-11(15)8-3-5-9(14)6-4-8/h3-6,10,13-14H,1-2,7H2. The number of rotatable bonds is 5. The summed E-state index contributed by atoms with van der Waals surface area (Å²) in [6.07, 6.45) is 0.888. The number of hydrogen-bond acceptors (Lipinski definition) is 4. The smallest absolute Gasteiger partial charge is 0.339 e. The molecule has 0 heterocycles. The molecular weight excluding hydrogens is 232 g/mol. The number of phenolic OH excluding ortho intramolecular Hbond substituents is 1. The highest BCUT2D eigenvalue weighted by Crippen LogP contribution is 2.14. The SMILES string of the molecule is O=C(OC(Cl)CCCO)c1ccc(O)cc1. The van der Waals surface area contributed by atoms with Crippen molar-refractivity contribution in [2.24, 2.45) is 0 Å². The summed E-state index contributed by atoms with van der Waals surface area (Å²) in [5.74, 6) is -0.461. The van der Waals surface area contributed by atoms with Gasteiger partial charge in [0.15, 0.2) is 5.56 Å². The van der Waals surface area contributed by atoms with Crippen molar-refractivity contribution >= 4 is 17.6 Å². The second-order valence-electron chi connectivity index (χ2n) is 3.23. The Morgan fingerprint density at radius 3 is 2.56 bits per heavy atom. The lowest BCUT2D eigenvalue weighted by Gasteiger charge is -2.10. The molecule has 0 aliphatic rings. The first-order valence-electron chi connectivity index (χ1n) is 4.88. The van der Waals surface area contributed by atoms with E-state index in [1.165, 1.54) is 24.3 Å². The number of carbonyl (C=O) groups is 1. The molecule has 0 spiro atoms. The second kappa shape index (κ2) is 6.35. The molecule has 1 aromatic carbocycles. The molecule has 0 saturated carbocycles. The molecule has 0 amide bonds. The molecule has 0 radical (unpaired) electrons. The fraction of sp³-hybridized carbons (Fsp3) is 0.364. The van der Waals surface area contributed by atoms with E-state index >= 15 is 0 Å².